The van der Waals surface area contributed by atoms with Gasteiger partial charge in [0.1, 0.15) is 0 Å². The fourth-order valence-electron chi connectivity index (χ4n) is 9.52. The molecule has 0 atom stereocenters. The minimum Gasteiger partial charge on any atom is -0.454 e. The van der Waals surface area contributed by atoms with E-state index in [1.54, 1.807) is 0 Å². The highest BCUT2D eigenvalue weighted by atomic mass is 16.7. The fourth-order valence-corrected chi connectivity index (χ4v) is 9.52. The van der Waals surface area contributed by atoms with Crippen LogP contribution in [0.15, 0.2) is 140 Å². The Morgan fingerprint density at radius 1 is 0.426 bits per heavy atom. The molecule has 5 heteroatoms. The van der Waals surface area contributed by atoms with Crippen LogP contribution in [-0.4, -0.2) is 13.5 Å². The van der Waals surface area contributed by atoms with E-state index in [-0.39, 0.29) is 29.8 Å². The molecule has 304 valence electrons. The normalized spacial score (nSPS) is 14.2. The van der Waals surface area contributed by atoms with Crippen LogP contribution in [-0.2, 0) is 16.2 Å². The molecule has 3 aliphatic heterocycles. The summed E-state index contributed by atoms with van der Waals surface area (Å²) in [5.41, 5.74) is 20.7. The second-order valence-electron chi connectivity index (χ2n) is 20.4. The van der Waals surface area contributed by atoms with E-state index in [2.05, 4.69) is 219 Å². The summed E-state index contributed by atoms with van der Waals surface area (Å²) in [5, 5.41) is 0. The van der Waals surface area contributed by atoms with E-state index >= 15 is 0 Å². The van der Waals surface area contributed by atoms with Gasteiger partial charge in [-0.1, -0.05) is 141 Å². The van der Waals surface area contributed by atoms with Crippen molar-refractivity contribution >= 4 is 57.2 Å². The zero-order valence-corrected chi connectivity index (χ0v) is 37.3. The number of benzene rings is 7. The van der Waals surface area contributed by atoms with Gasteiger partial charge in [0.15, 0.2) is 11.5 Å². The predicted molar refractivity (Wildman–Crippen MR) is 258 cm³/mol. The van der Waals surface area contributed by atoms with Crippen molar-refractivity contribution in [3.8, 4) is 33.8 Å². The molecule has 10 rings (SSSR count). The second-order valence-corrected chi connectivity index (χ2v) is 20.4. The topological polar surface area (TPSA) is 24.9 Å². The van der Waals surface area contributed by atoms with Gasteiger partial charge in [0.05, 0.1) is 0 Å². The average Bonchev–Trinajstić information content (AvgIpc) is 3.69. The Morgan fingerprint density at radius 3 is 1.46 bits per heavy atom. The van der Waals surface area contributed by atoms with Gasteiger partial charge in [-0.25, -0.2) is 0 Å². The van der Waals surface area contributed by atoms with E-state index in [4.69, 9.17) is 9.47 Å². The first-order valence-electron chi connectivity index (χ1n) is 21.8. The molecular formula is C56H55BN2O2. The van der Waals surface area contributed by atoms with E-state index in [9.17, 15) is 0 Å². The Morgan fingerprint density at radius 2 is 0.918 bits per heavy atom. The van der Waals surface area contributed by atoms with E-state index in [1.165, 1.54) is 78.0 Å². The van der Waals surface area contributed by atoms with Crippen molar-refractivity contribution in [2.75, 3.05) is 16.6 Å². The molecule has 0 amide bonds. The summed E-state index contributed by atoms with van der Waals surface area (Å²) in [6.45, 7) is 23.0. The smallest absolute Gasteiger partial charge is 0.252 e. The van der Waals surface area contributed by atoms with Gasteiger partial charge in [-0.15, -0.1) is 0 Å². The van der Waals surface area contributed by atoms with Gasteiger partial charge < -0.3 is 19.3 Å². The molecule has 0 aromatic heterocycles. The minimum absolute atomic E-state index is 0.0406. The Hall–Kier alpha value is -6.20. The number of nitrogens with zero attached hydrogens (tertiary/aromatic N) is 2. The molecule has 0 spiro atoms. The Bertz CT molecular complexity index is 2770. The summed E-state index contributed by atoms with van der Waals surface area (Å²) in [7, 11) is 0. The maximum absolute atomic E-state index is 6.12. The molecule has 0 unspecified atom stereocenters. The highest BCUT2D eigenvalue weighted by molar-refractivity contribution is 7.00. The number of ether oxygens (including phenoxy) is 2. The van der Waals surface area contributed by atoms with Gasteiger partial charge in [-0.05, 0) is 139 Å². The third-order valence-corrected chi connectivity index (χ3v) is 12.9. The minimum atomic E-state index is -0.0514. The Balaban J connectivity index is 1.26. The number of anilines is 6. The standard InChI is InChI=1S/C56H55BN2O2/c1-35-26-49-53-50(27-35)59(44-29-38(36-16-20-40(21-17-36)54(2,3)4)28-39(30-44)37-18-22-41(23-19-37)55(5,6)7)47-25-24-42(56(8,9)10)31-45(47)57(53)46-32-51-52(61-34-60-51)33-48(46)58(49)43-14-12-11-13-15-43/h11-33H,34H2,1-10H3. The van der Waals surface area contributed by atoms with E-state index in [1.807, 2.05) is 0 Å². The molecule has 0 saturated carbocycles. The lowest BCUT2D eigenvalue weighted by Crippen LogP contribution is -2.61. The van der Waals surface area contributed by atoms with Crippen molar-refractivity contribution in [2.45, 2.75) is 85.5 Å². The van der Waals surface area contributed by atoms with Crippen molar-refractivity contribution in [1.82, 2.24) is 0 Å². The number of para-hydroxylation sites is 1. The van der Waals surface area contributed by atoms with Crippen LogP contribution in [0.2, 0.25) is 0 Å². The van der Waals surface area contributed by atoms with Crippen LogP contribution >= 0.6 is 0 Å². The third-order valence-electron chi connectivity index (χ3n) is 12.9. The highest BCUT2D eigenvalue weighted by Crippen LogP contribution is 2.48. The molecule has 7 aromatic rings. The van der Waals surface area contributed by atoms with Crippen LogP contribution in [0.1, 0.15) is 84.6 Å². The average molecular weight is 799 g/mol. The molecule has 3 aliphatic rings. The van der Waals surface area contributed by atoms with Gasteiger partial charge >= 0.3 is 0 Å². The number of hydrogen-bond donors (Lipinski definition) is 0. The van der Waals surface area contributed by atoms with E-state index in [0.717, 1.165) is 28.6 Å². The molecule has 0 N–H and O–H groups in total. The summed E-state index contributed by atoms with van der Waals surface area (Å²) in [5.74, 6) is 1.58. The van der Waals surface area contributed by atoms with Gasteiger partial charge in [-0.3, -0.25) is 0 Å². The van der Waals surface area contributed by atoms with Crippen molar-refractivity contribution in [3.05, 3.63) is 162 Å². The van der Waals surface area contributed by atoms with Gasteiger partial charge in [0.25, 0.3) is 6.71 Å². The molecule has 0 saturated heterocycles. The third kappa shape index (κ3) is 6.70. The van der Waals surface area contributed by atoms with Crippen molar-refractivity contribution in [3.63, 3.8) is 0 Å². The summed E-state index contributed by atoms with van der Waals surface area (Å²) >= 11 is 0. The fraction of sp³-hybridized carbons (Fsp3) is 0.250. The van der Waals surface area contributed by atoms with Gasteiger partial charge in [-0.2, -0.15) is 0 Å². The first-order valence-corrected chi connectivity index (χ1v) is 21.8. The maximum Gasteiger partial charge on any atom is 0.252 e. The first-order chi connectivity index (χ1) is 29.0. The molecule has 7 aromatic carbocycles. The molecular weight excluding hydrogens is 743 g/mol. The zero-order valence-electron chi connectivity index (χ0n) is 37.3. The summed E-state index contributed by atoms with van der Waals surface area (Å²) in [6, 6.07) is 52.7. The molecule has 61 heavy (non-hydrogen) atoms. The molecule has 3 heterocycles. The molecule has 4 nitrogen and oxygen atoms in total. The molecule has 0 fully saturated rings. The molecule has 0 radical (unpaired) electrons. The maximum atomic E-state index is 6.12. The predicted octanol–water partition coefficient (Wildman–Crippen LogP) is 13.0. The summed E-state index contributed by atoms with van der Waals surface area (Å²) < 4.78 is 12.2. The Kier molecular flexibility index (Phi) is 8.90. The van der Waals surface area contributed by atoms with E-state index < -0.39 is 0 Å². The lowest BCUT2D eigenvalue weighted by Gasteiger charge is -2.45. The van der Waals surface area contributed by atoms with Crippen molar-refractivity contribution < 1.29 is 9.47 Å². The van der Waals surface area contributed by atoms with Crippen LogP contribution < -0.4 is 35.7 Å². The number of rotatable bonds is 4. The van der Waals surface area contributed by atoms with Crippen LogP contribution in [0.4, 0.5) is 34.1 Å². The zero-order chi connectivity index (χ0) is 42.6. The largest absolute Gasteiger partial charge is 0.454 e. The lowest BCUT2D eigenvalue weighted by atomic mass is 9.33. The molecule has 0 aliphatic carbocycles. The van der Waals surface area contributed by atoms with E-state index in [0.29, 0.717) is 0 Å². The second kappa shape index (κ2) is 13.9. The first kappa shape index (κ1) is 39.0. The number of aryl methyl sites for hydroxylation is 1. The summed E-state index contributed by atoms with van der Waals surface area (Å²) in [4.78, 5) is 4.98. The number of fused-ring (bicyclic) bond motifs is 5. The van der Waals surface area contributed by atoms with Gasteiger partial charge in [0.2, 0.25) is 6.79 Å². The van der Waals surface area contributed by atoms with Gasteiger partial charge in [0, 0.05) is 40.2 Å². The van der Waals surface area contributed by atoms with Crippen LogP contribution in [0.25, 0.3) is 22.3 Å². The SMILES string of the molecule is Cc1cc2c3c(c1)N(c1ccccc1)c1cc4c(cc1B3c1cc(C(C)(C)C)ccc1N2c1cc(-c2ccc(C(C)(C)C)cc2)cc(-c2ccc(C(C)(C)C)cc2)c1)OCO4. The summed E-state index contributed by atoms with van der Waals surface area (Å²) in [6.07, 6.45) is 0. The molecule has 0 bridgehead atoms. The van der Waals surface area contributed by atoms with Crippen LogP contribution in [0.5, 0.6) is 11.5 Å². The van der Waals surface area contributed by atoms with Crippen LogP contribution in [0.3, 0.4) is 0 Å². The quantitative estimate of drug-likeness (QED) is 0.166. The highest BCUT2D eigenvalue weighted by Gasteiger charge is 2.45. The lowest BCUT2D eigenvalue weighted by molar-refractivity contribution is 0.174. The van der Waals surface area contributed by atoms with Crippen molar-refractivity contribution in [1.29, 1.82) is 0 Å². The van der Waals surface area contributed by atoms with Crippen molar-refractivity contribution in [2.24, 2.45) is 0 Å². The number of hydrogen-bond acceptors (Lipinski definition) is 4. The Labute approximate surface area is 362 Å². The van der Waals surface area contributed by atoms with Crippen LogP contribution in [0, 0.1) is 6.92 Å². The monoisotopic (exact) mass is 798 g/mol.